The number of likely N-dealkylation sites (N-methyl/N-ethyl adjacent to an activating group) is 1. The summed E-state index contributed by atoms with van der Waals surface area (Å²) >= 11 is 0. The molecule has 9 nitrogen and oxygen atoms in total. The molecule has 1 amide bonds. The van der Waals surface area contributed by atoms with E-state index in [1.54, 1.807) is 24.1 Å². The number of para-hydroxylation sites is 1. The van der Waals surface area contributed by atoms with Crippen LogP contribution in [0.4, 0.5) is 15.9 Å². The summed E-state index contributed by atoms with van der Waals surface area (Å²) in [7, 11) is 1.73. The van der Waals surface area contributed by atoms with Crippen LogP contribution in [0.3, 0.4) is 0 Å². The van der Waals surface area contributed by atoms with Gasteiger partial charge < -0.3 is 15.4 Å². The lowest BCUT2D eigenvalue weighted by atomic mass is 10.2. The summed E-state index contributed by atoms with van der Waals surface area (Å²) in [6, 6.07) is 6.10. The van der Waals surface area contributed by atoms with E-state index in [1.165, 1.54) is 21.6 Å². The van der Waals surface area contributed by atoms with Crippen LogP contribution in [0.5, 0.6) is 5.75 Å². The molecule has 32 heavy (non-hydrogen) atoms. The van der Waals surface area contributed by atoms with Crippen molar-refractivity contribution in [3.05, 3.63) is 50.9 Å². The zero-order chi connectivity index (χ0) is 23.7. The highest BCUT2D eigenvalue weighted by molar-refractivity contribution is 5.96. The van der Waals surface area contributed by atoms with Crippen LogP contribution in [0.25, 0.3) is 0 Å². The topological polar surface area (TPSA) is 114 Å². The maximum absolute atomic E-state index is 13.7. The quantitative estimate of drug-likeness (QED) is 0.511. The number of hydrogen-bond acceptors (Lipinski definition) is 6. The average Bonchev–Trinajstić information content (AvgIpc) is 2.74. The van der Waals surface area contributed by atoms with Gasteiger partial charge in [0.15, 0.2) is 17.3 Å². The van der Waals surface area contributed by atoms with Crippen molar-refractivity contribution in [1.82, 2.24) is 14.5 Å². The molecule has 0 aliphatic heterocycles. The number of amides is 1. The number of H-pyrrole nitrogens is 1. The maximum atomic E-state index is 13.7. The summed E-state index contributed by atoms with van der Waals surface area (Å²) in [5, 5.41) is 0. The van der Waals surface area contributed by atoms with Gasteiger partial charge in [0, 0.05) is 19.6 Å². The third-order valence-electron chi connectivity index (χ3n) is 4.94. The van der Waals surface area contributed by atoms with Gasteiger partial charge in [-0.05, 0) is 32.0 Å². The molecule has 1 aromatic heterocycles. The Kier molecular flexibility index (Phi) is 9.45. The number of aromatic nitrogens is 2. The fourth-order valence-corrected chi connectivity index (χ4v) is 3.23. The summed E-state index contributed by atoms with van der Waals surface area (Å²) in [6.07, 6.45) is 2.11. The van der Waals surface area contributed by atoms with Crippen molar-refractivity contribution < 1.29 is 13.9 Å². The molecular weight excluding hydrogens is 417 g/mol. The fourth-order valence-electron chi connectivity index (χ4n) is 3.23. The van der Waals surface area contributed by atoms with Crippen LogP contribution in [0.1, 0.15) is 33.1 Å². The molecule has 1 aromatic carbocycles. The Morgan fingerprint density at radius 3 is 2.56 bits per heavy atom. The van der Waals surface area contributed by atoms with Crippen LogP contribution >= 0.6 is 0 Å². The van der Waals surface area contributed by atoms with Gasteiger partial charge in [0.2, 0.25) is 5.91 Å². The van der Waals surface area contributed by atoms with Gasteiger partial charge in [0.25, 0.3) is 5.56 Å². The molecule has 0 spiro atoms. The van der Waals surface area contributed by atoms with Crippen LogP contribution in [-0.2, 0) is 11.3 Å². The smallest absolute Gasteiger partial charge is 0.330 e. The molecule has 1 heterocycles. The Bertz CT molecular complexity index is 1020. The molecule has 176 valence electrons. The van der Waals surface area contributed by atoms with Gasteiger partial charge in [-0.25, -0.2) is 9.18 Å². The third-order valence-corrected chi connectivity index (χ3v) is 4.94. The summed E-state index contributed by atoms with van der Waals surface area (Å²) in [5.74, 6) is -0.649. The lowest BCUT2D eigenvalue weighted by molar-refractivity contribution is -0.119. The normalized spacial score (nSPS) is 11.0. The predicted molar refractivity (Wildman–Crippen MR) is 123 cm³/mol. The average molecular weight is 450 g/mol. The van der Waals surface area contributed by atoms with Crippen LogP contribution in [0.15, 0.2) is 33.9 Å². The third kappa shape index (κ3) is 6.43. The fraction of sp³-hybridized carbons (Fsp3) is 0.500. The monoisotopic (exact) mass is 449 g/mol. The number of nitrogens with one attached hydrogen (secondary N) is 1. The first-order valence-corrected chi connectivity index (χ1v) is 10.8. The first-order chi connectivity index (χ1) is 15.3. The number of halogens is 1. The Labute approximate surface area is 186 Å². The largest absolute Gasteiger partial charge is 0.489 e. The molecular formula is C22H32FN5O4. The summed E-state index contributed by atoms with van der Waals surface area (Å²) in [4.78, 5) is 43.1. The number of unbranched alkanes of at least 4 members (excludes halogenated alkanes) is 1. The molecule has 0 fully saturated rings. The maximum Gasteiger partial charge on any atom is 0.330 e. The number of rotatable bonds is 12. The number of aromatic amines is 1. The number of ether oxygens (including phenoxy) is 1. The van der Waals surface area contributed by atoms with E-state index in [9.17, 15) is 18.8 Å². The summed E-state index contributed by atoms with van der Waals surface area (Å²) in [6.45, 7) is 5.03. The van der Waals surface area contributed by atoms with E-state index in [2.05, 4.69) is 4.98 Å². The van der Waals surface area contributed by atoms with Gasteiger partial charge in [-0.3, -0.25) is 24.0 Å². The first kappa shape index (κ1) is 25.1. The molecule has 0 saturated carbocycles. The number of nitrogens with two attached hydrogens (primary N) is 1. The van der Waals surface area contributed by atoms with E-state index in [-0.39, 0.29) is 36.3 Å². The molecule has 3 N–H and O–H groups in total. The van der Waals surface area contributed by atoms with Gasteiger partial charge in [-0.1, -0.05) is 32.4 Å². The van der Waals surface area contributed by atoms with E-state index in [1.807, 2.05) is 13.8 Å². The van der Waals surface area contributed by atoms with Crippen LogP contribution < -0.4 is 26.6 Å². The minimum Gasteiger partial charge on any atom is -0.489 e. The van der Waals surface area contributed by atoms with Crippen LogP contribution in [0.2, 0.25) is 0 Å². The number of nitrogens with zero attached hydrogens (tertiary/aromatic N) is 3. The predicted octanol–water partition coefficient (Wildman–Crippen LogP) is 1.81. The van der Waals surface area contributed by atoms with E-state index in [0.717, 1.165) is 6.42 Å². The number of carbonyl (C=O) groups is 1. The standard InChI is InChI=1S/C22H32FN5O4/c1-4-6-12-27(19-20(24)28(11-5-2)22(31)25-21(19)30)18(29)15-26(3)13-14-32-17-10-8-7-9-16(17)23/h7-10H,4-6,11-15,24H2,1-3H3,(H,25,30,31). The zero-order valence-electron chi connectivity index (χ0n) is 18.9. The van der Waals surface area contributed by atoms with E-state index < -0.39 is 17.1 Å². The van der Waals surface area contributed by atoms with Gasteiger partial charge in [-0.2, -0.15) is 0 Å². The number of benzene rings is 1. The Balaban J connectivity index is 2.14. The number of carbonyl (C=O) groups excluding carboxylic acids is 1. The second-order valence-electron chi connectivity index (χ2n) is 7.56. The van der Waals surface area contributed by atoms with Gasteiger partial charge >= 0.3 is 5.69 Å². The van der Waals surface area contributed by atoms with Crippen molar-refractivity contribution in [2.24, 2.45) is 0 Å². The van der Waals surface area contributed by atoms with Gasteiger partial charge in [0.05, 0.1) is 6.54 Å². The van der Waals surface area contributed by atoms with Crippen LogP contribution in [-0.4, -0.2) is 53.6 Å². The SMILES string of the molecule is CCCCN(C(=O)CN(C)CCOc1ccccc1F)c1c(N)n(CCC)c(=O)[nH]c1=O. The van der Waals surface area contributed by atoms with Crippen molar-refractivity contribution in [3.8, 4) is 5.75 Å². The highest BCUT2D eigenvalue weighted by Crippen LogP contribution is 2.18. The minimum atomic E-state index is -0.685. The first-order valence-electron chi connectivity index (χ1n) is 10.8. The number of hydrogen-bond donors (Lipinski definition) is 2. The molecule has 10 heteroatoms. The number of nitrogen functional groups attached to an aromatic ring is 1. The molecule has 0 saturated heterocycles. The second kappa shape index (κ2) is 12.0. The lowest BCUT2D eigenvalue weighted by Crippen LogP contribution is -2.45. The van der Waals surface area contributed by atoms with E-state index in [4.69, 9.17) is 10.5 Å². The molecule has 0 radical (unpaired) electrons. The van der Waals surface area contributed by atoms with Crippen molar-refractivity contribution in [3.63, 3.8) is 0 Å². The highest BCUT2D eigenvalue weighted by atomic mass is 19.1. The molecule has 2 rings (SSSR count). The molecule has 0 unspecified atom stereocenters. The van der Waals surface area contributed by atoms with E-state index in [0.29, 0.717) is 32.5 Å². The van der Waals surface area contributed by atoms with Crippen LogP contribution in [0, 0.1) is 5.82 Å². The summed E-state index contributed by atoms with van der Waals surface area (Å²) < 4.78 is 20.4. The number of anilines is 2. The van der Waals surface area contributed by atoms with Crippen molar-refractivity contribution >= 4 is 17.4 Å². The molecule has 2 aromatic rings. The lowest BCUT2D eigenvalue weighted by Gasteiger charge is -2.26. The van der Waals surface area contributed by atoms with Gasteiger partial charge in [-0.15, -0.1) is 0 Å². The Hall–Kier alpha value is -3.14. The second-order valence-corrected chi connectivity index (χ2v) is 7.56. The molecule has 0 aliphatic rings. The van der Waals surface area contributed by atoms with Crippen molar-refractivity contribution in [1.29, 1.82) is 0 Å². The van der Waals surface area contributed by atoms with Gasteiger partial charge in [0.1, 0.15) is 12.4 Å². The van der Waals surface area contributed by atoms with E-state index >= 15 is 0 Å². The zero-order valence-corrected chi connectivity index (χ0v) is 18.9. The van der Waals surface area contributed by atoms with Crippen molar-refractivity contribution in [2.45, 2.75) is 39.7 Å². The molecule has 0 atom stereocenters. The minimum absolute atomic E-state index is 0.00384. The highest BCUT2D eigenvalue weighted by Gasteiger charge is 2.24. The van der Waals surface area contributed by atoms with Crippen molar-refractivity contribution in [2.75, 3.05) is 43.9 Å². The molecule has 0 bridgehead atoms. The Morgan fingerprint density at radius 2 is 1.91 bits per heavy atom. The summed E-state index contributed by atoms with van der Waals surface area (Å²) in [5.41, 5.74) is 4.86. The Morgan fingerprint density at radius 1 is 1.19 bits per heavy atom. The molecule has 0 aliphatic carbocycles.